The van der Waals surface area contributed by atoms with E-state index in [1.807, 2.05) is 36.4 Å². The lowest BCUT2D eigenvalue weighted by atomic mass is 10.1. The van der Waals surface area contributed by atoms with Crippen molar-refractivity contribution in [3.63, 3.8) is 0 Å². The van der Waals surface area contributed by atoms with Crippen LogP contribution in [0.1, 0.15) is 24.1 Å². The van der Waals surface area contributed by atoms with E-state index in [1.165, 1.54) is 5.56 Å². The number of imidazole rings is 1. The predicted molar refractivity (Wildman–Crippen MR) is 98.6 cm³/mol. The minimum atomic E-state index is 0.126. The van der Waals surface area contributed by atoms with Gasteiger partial charge in [-0.3, -0.25) is 9.55 Å². The van der Waals surface area contributed by atoms with Crippen LogP contribution in [0.15, 0.2) is 79.1 Å². The molecule has 0 amide bonds. The molecule has 0 saturated carbocycles. The van der Waals surface area contributed by atoms with E-state index in [1.54, 1.807) is 12.4 Å². The molecule has 4 heteroatoms. The Morgan fingerprint density at radius 3 is 2.44 bits per heavy atom. The van der Waals surface area contributed by atoms with E-state index in [-0.39, 0.29) is 6.04 Å². The molecule has 4 aromatic rings. The largest absolute Gasteiger partial charge is 0.460 e. The Morgan fingerprint density at radius 2 is 1.64 bits per heavy atom. The number of aromatic nitrogens is 3. The number of pyridine rings is 1. The normalized spacial score (nSPS) is 12.2. The molecule has 1 atom stereocenters. The van der Waals surface area contributed by atoms with Crippen molar-refractivity contribution in [2.45, 2.75) is 19.6 Å². The summed E-state index contributed by atoms with van der Waals surface area (Å²) in [5.41, 5.74) is 4.30. The molecule has 0 aliphatic carbocycles. The molecule has 0 radical (unpaired) electrons. The van der Waals surface area contributed by atoms with Gasteiger partial charge in [-0.25, -0.2) is 0 Å². The van der Waals surface area contributed by atoms with Crippen molar-refractivity contribution in [1.29, 1.82) is 0 Å². The first kappa shape index (κ1) is 15.4. The van der Waals surface area contributed by atoms with Crippen molar-refractivity contribution in [3.05, 3.63) is 90.3 Å². The van der Waals surface area contributed by atoms with Crippen LogP contribution >= 0.6 is 0 Å². The Bertz CT molecular complexity index is 964. The fraction of sp³-hybridized carbons (Fsp3) is 0.143. The van der Waals surface area contributed by atoms with E-state index in [2.05, 4.69) is 46.8 Å². The summed E-state index contributed by atoms with van der Waals surface area (Å²) in [6, 6.07) is 23.2. The Kier molecular flexibility index (Phi) is 4.17. The minimum absolute atomic E-state index is 0.126. The van der Waals surface area contributed by atoms with Crippen LogP contribution in [0.5, 0.6) is 6.01 Å². The summed E-state index contributed by atoms with van der Waals surface area (Å²) in [6.45, 7) is 2.64. The number of rotatable bonds is 5. The lowest BCUT2D eigenvalue weighted by Gasteiger charge is -2.18. The van der Waals surface area contributed by atoms with E-state index >= 15 is 0 Å². The predicted octanol–water partition coefficient (Wildman–Crippen LogP) is 4.62. The van der Waals surface area contributed by atoms with Gasteiger partial charge in [0.2, 0.25) is 0 Å². The zero-order valence-electron chi connectivity index (χ0n) is 14.0. The second-order valence-electron chi connectivity index (χ2n) is 5.98. The highest BCUT2D eigenvalue weighted by atomic mass is 16.5. The van der Waals surface area contributed by atoms with E-state index < -0.39 is 0 Å². The number of para-hydroxylation sites is 2. The van der Waals surface area contributed by atoms with Crippen LogP contribution in [0.3, 0.4) is 0 Å². The van der Waals surface area contributed by atoms with Gasteiger partial charge >= 0.3 is 0 Å². The lowest BCUT2D eigenvalue weighted by Crippen LogP contribution is -2.10. The molecular weight excluding hydrogens is 310 g/mol. The van der Waals surface area contributed by atoms with Gasteiger partial charge in [0.25, 0.3) is 6.01 Å². The fourth-order valence-electron chi connectivity index (χ4n) is 3.01. The van der Waals surface area contributed by atoms with Gasteiger partial charge in [-0.2, -0.15) is 4.98 Å². The molecule has 0 aliphatic heterocycles. The monoisotopic (exact) mass is 329 g/mol. The van der Waals surface area contributed by atoms with Gasteiger partial charge in [-0.15, -0.1) is 0 Å². The van der Waals surface area contributed by atoms with Crippen LogP contribution in [0.2, 0.25) is 0 Å². The van der Waals surface area contributed by atoms with Crippen molar-refractivity contribution >= 4 is 11.0 Å². The number of hydrogen-bond acceptors (Lipinski definition) is 3. The third-order valence-electron chi connectivity index (χ3n) is 4.35. The van der Waals surface area contributed by atoms with Crippen molar-refractivity contribution in [3.8, 4) is 6.01 Å². The number of nitrogens with zero attached hydrogens (tertiary/aromatic N) is 3. The summed E-state index contributed by atoms with van der Waals surface area (Å²) in [7, 11) is 0. The van der Waals surface area contributed by atoms with Crippen LogP contribution in [-0.2, 0) is 6.61 Å². The molecule has 0 N–H and O–H groups in total. The molecule has 4 rings (SSSR count). The average molecular weight is 329 g/mol. The fourth-order valence-corrected chi connectivity index (χ4v) is 3.01. The van der Waals surface area contributed by atoms with Crippen molar-refractivity contribution in [1.82, 2.24) is 14.5 Å². The highest BCUT2D eigenvalue weighted by molar-refractivity contribution is 5.77. The molecular formula is C21H19N3O. The van der Waals surface area contributed by atoms with Crippen molar-refractivity contribution in [2.75, 3.05) is 0 Å². The number of fused-ring (bicyclic) bond motifs is 1. The molecule has 0 bridgehead atoms. The van der Waals surface area contributed by atoms with E-state index in [0.29, 0.717) is 12.6 Å². The molecule has 25 heavy (non-hydrogen) atoms. The Morgan fingerprint density at radius 1 is 0.920 bits per heavy atom. The molecule has 0 aliphatic rings. The third-order valence-corrected chi connectivity index (χ3v) is 4.35. The molecule has 2 aromatic carbocycles. The molecule has 0 fully saturated rings. The molecule has 4 nitrogen and oxygen atoms in total. The first-order valence-corrected chi connectivity index (χ1v) is 8.36. The summed E-state index contributed by atoms with van der Waals surface area (Å²) >= 11 is 0. The zero-order chi connectivity index (χ0) is 17.1. The summed E-state index contributed by atoms with van der Waals surface area (Å²) in [5.74, 6) is 0. The van der Waals surface area contributed by atoms with Crippen molar-refractivity contribution < 1.29 is 4.74 Å². The van der Waals surface area contributed by atoms with Gasteiger partial charge in [0.1, 0.15) is 6.61 Å². The lowest BCUT2D eigenvalue weighted by molar-refractivity contribution is 0.265. The summed E-state index contributed by atoms with van der Waals surface area (Å²) in [5, 5.41) is 0. The first-order chi connectivity index (χ1) is 12.3. The average Bonchev–Trinajstić information content (AvgIpc) is 3.05. The second kappa shape index (κ2) is 6.77. The van der Waals surface area contributed by atoms with Gasteiger partial charge < -0.3 is 4.74 Å². The quantitative estimate of drug-likeness (QED) is 0.536. The Labute approximate surface area is 146 Å². The maximum Gasteiger partial charge on any atom is 0.298 e. The highest BCUT2D eigenvalue weighted by Crippen LogP contribution is 2.30. The Hall–Kier alpha value is -3.14. The summed E-state index contributed by atoms with van der Waals surface area (Å²) in [4.78, 5) is 8.74. The topological polar surface area (TPSA) is 39.9 Å². The molecule has 2 aromatic heterocycles. The SMILES string of the molecule is C[C@H](c1ccccc1)n1c(OCc2ccncc2)nc2ccccc21. The van der Waals surface area contributed by atoms with Gasteiger partial charge in [-0.05, 0) is 42.3 Å². The number of hydrogen-bond donors (Lipinski definition) is 0. The van der Waals surface area contributed by atoms with Gasteiger partial charge in [0, 0.05) is 12.4 Å². The van der Waals surface area contributed by atoms with Crippen LogP contribution in [0.4, 0.5) is 0 Å². The maximum absolute atomic E-state index is 6.07. The van der Waals surface area contributed by atoms with E-state index in [9.17, 15) is 0 Å². The number of ether oxygens (including phenoxy) is 1. The first-order valence-electron chi connectivity index (χ1n) is 8.36. The molecule has 0 saturated heterocycles. The van der Waals surface area contributed by atoms with Crippen LogP contribution in [0, 0.1) is 0 Å². The van der Waals surface area contributed by atoms with Crippen molar-refractivity contribution in [2.24, 2.45) is 0 Å². The molecule has 0 spiro atoms. The minimum Gasteiger partial charge on any atom is -0.460 e. The van der Waals surface area contributed by atoms with Gasteiger partial charge in [0.15, 0.2) is 0 Å². The standard InChI is InChI=1S/C21H19N3O/c1-16(18-7-3-2-4-8-18)24-20-10-6-5-9-19(20)23-21(24)25-15-17-11-13-22-14-12-17/h2-14,16H,15H2,1H3/t16-/m1/s1. The van der Waals surface area contributed by atoms with Crippen LogP contribution < -0.4 is 4.74 Å². The molecule has 0 unspecified atom stereocenters. The second-order valence-corrected chi connectivity index (χ2v) is 5.98. The van der Waals surface area contributed by atoms with Crippen LogP contribution in [-0.4, -0.2) is 14.5 Å². The Balaban J connectivity index is 1.73. The summed E-state index contributed by atoms with van der Waals surface area (Å²) in [6.07, 6.45) is 3.54. The molecule has 2 heterocycles. The van der Waals surface area contributed by atoms with Gasteiger partial charge in [0.05, 0.1) is 17.1 Å². The number of benzene rings is 2. The third kappa shape index (κ3) is 3.11. The maximum atomic E-state index is 6.07. The smallest absolute Gasteiger partial charge is 0.298 e. The molecule has 124 valence electrons. The highest BCUT2D eigenvalue weighted by Gasteiger charge is 2.18. The van der Waals surface area contributed by atoms with Gasteiger partial charge in [-0.1, -0.05) is 42.5 Å². The van der Waals surface area contributed by atoms with Crippen LogP contribution in [0.25, 0.3) is 11.0 Å². The summed E-state index contributed by atoms with van der Waals surface area (Å²) < 4.78 is 8.23. The van der Waals surface area contributed by atoms with E-state index in [4.69, 9.17) is 9.72 Å². The van der Waals surface area contributed by atoms with E-state index in [0.717, 1.165) is 16.6 Å². The zero-order valence-corrected chi connectivity index (χ0v) is 14.0.